The first-order valence-corrected chi connectivity index (χ1v) is 8.30. The normalized spacial score (nSPS) is 12.4. The number of phenolic OH excluding ortho intramolecular Hbond substituents is 1. The number of ether oxygens (including phenoxy) is 3. The molecular formula is C20H22O5. The minimum atomic E-state index is -0.146. The van der Waals surface area contributed by atoms with Crippen LogP contribution in [0.2, 0.25) is 0 Å². The van der Waals surface area contributed by atoms with E-state index in [0.29, 0.717) is 28.0 Å². The summed E-state index contributed by atoms with van der Waals surface area (Å²) >= 11 is 0. The predicted octanol–water partition coefficient (Wildman–Crippen LogP) is 4.19. The Morgan fingerprint density at radius 1 is 0.920 bits per heavy atom. The number of hydrogen-bond donors (Lipinski definition) is 1. The maximum absolute atomic E-state index is 12.9. The Morgan fingerprint density at radius 3 is 2.16 bits per heavy atom. The smallest absolute Gasteiger partial charge is 0.201 e. The first-order valence-electron chi connectivity index (χ1n) is 8.30. The van der Waals surface area contributed by atoms with Crippen LogP contribution >= 0.6 is 0 Å². The molecule has 0 saturated carbocycles. The van der Waals surface area contributed by atoms with Crippen LogP contribution in [0, 0.1) is 0 Å². The van der Waals surface area contributed by atoms with Crippen molar-refractivity contribution in [3.63, 3.8) is 0 Å². The summed E-state index contributed by atoms with van der Waals surface area (Å²) in [6.07, 6.45) is -0.193. The molecule has 0 spiro atoms. The van der Waals surface area contributed by atoms with Crippen molar-refractivity contribution in [2.75, 3.05) is 7.11 Å². The van der Waals surface area contributed by atoms with Gasteiger partial charge in [-0.15, -0.1) is 0 Å². The molecule has 2 aromatic rings. The van der Waals surface area contributed by atoms with Gasteiger partial charge < -0.3 is 19.3 Å². The summed E-state index contributed by atoms with van der Waals surface area (Å²) in [6, 6.07) is 6.94. The maximum atomic E-state index is 12.9. The third-order valence-corrected chi connectivity index (χ3v) is 3.92. The summed E-state index contributed by atoms with van der Waals surface area (Å²) in [5, 5.41) is 10.6. The van der Waals surface area contributed by atoms with E-state index >= 15 is 0 Å². The highest BCUT2D eigenvalue weighted by atomic mass is 16.5. The second-order valence-electron chi connectivity index (χ2n) is 6.52. The first-order chi connectivity index (χ1) is 11.8. The number of carbonyl (C=O) groups is 1. The van der Waals surface area contributed by atoms with Gasteiger partial charge in [-0.05, 0) is 39.8 Å². The number of ketones is 1. The average Bonchev–Trinajstić information content (AvgIpc) is 2.81. The van der Waals surface area contributed by atoms with E-state index in [2.05, 4.69) is 0 Å². The molecule has 25 heavy (non-hydrogen) atoms. The Labute approximate surface area is 147 Å². The summed E-state index contributed by atoms with van der Waals surface area (Å²) < 4.78 is 17.0. The van der Waals surface area contributed by atoms with Crippen molar-refractivity contribution in [2.45, 2.75) is 39.9 Å². The van der Waals surface area contributed by atoms with Crippen LogP contribution in [0.25, 0.3) is 11.1 Å². The number of hydrogen-bond acceptors (Lipinski definition) is 5. The van der Waals surface area contributed by atoms with E-state index in [1.54, 1.807) is 18.2 Å². The molecule has 1 aliphatic carbocycles. The Kier molecular flexibility index (Phi) is 4.33. The molecular weight excluding hydrogens is 320 g/mol. The molecule has 0 heterocycles. The van der Waals surface area contributed by atoms with Crippen molar-refractivity contribution < 1.29 is 24.1 Å². The lowest BCUT2D eigenvalue weighted by Crippen LogP contribution is -2.07. The third kappa shape index (κ3) is 2.80. The zero-order valence-electron chi connectivity index (χ0n) is 15.0. The lowest BCUT2D eigenvalue weighted by Gasteiger charge is -2.18. The molecule has 0 amide bonds. The number of phenols is 1. The number of carbonyl (C=O) groups excluding carboxylic acids is 1. The van der Waals surface area contributed by atoms with E-state index in [-0.39, 0.29) is 35.2 Å². The SMILES string of the molecule is COc1c(O)c(OC(C)C)cc2c1-c1c(OC(C)C)cccc1C2=O. The maximum Gasteiger partial charge on any atom is 0.201 e. The lowest BCUT2D eigenvalue weighted by atomic mass is 10.0. The molecule has 0 aromatic heterocycles. The van der Waals surface area contributed by atoms with Crippen LogP contribution in [0.4, 0.5) is 0 Å². The van der Waals surface area contributed by atoms with Gasteiger partial charge in [0.1, 0.15) is 5.75 Å². The van der Waals surface area contributed by atoms with E-state index in [0.717, 1.165) is 0 Å². The highest BCUT2D eigenvalue weighted by molar-refractivity contribution is 6.24. The highest BCUT2D eigenvalue weighted by Crippen LogP contribution is 2.53. The van der Waals surface area contributed by atoms with Crippen LogP contribution in [-0.2, 0) is 0 Å². The van der Waals surface area contributed by atoms with Crippen molar-refractivity contribution in [1.29, 1.82) is 0 Å². The molecule has 0 saturated heterocycles. The monoisotopic (exact) mass is 342 g/mol. The predicted molar refractivity (Wildman–Crippen MR) is 95.1 cm³/mol. The quantitative estimate of drug-likeness (QED) is 0.753. The molecule has 1 N–H and O–H groups in total. The van der Waals surface area contributed by atoms with Crippen molar-refractivity contribution in [2.24, 2.45) is 0 Å². The molecule has 0 radical (unpaired) electrons. The van der Waals surface area contributed by atoms with E-state index in [9.17, 15) is 9.90 Å². The van der Waals surface area contributed by atoms with Gasteiger partial charge in [0, 0.05) is 22.3 Å². The molecule has 0 fully saturated rings. The highest BCUT2D eigenvalue weighted by Gasteiger charge is 2.35. The van der Waals surface area contributed by atoms with Crippen molar-refractivity contribution in [3.8, 4) is 34.1 Å². The van der Waals surface area contributed by atoms with Crippen LogP contribution in [-0.4, -0.2) is 30.2 Å². The number of aromatic hydroxyl groups is 1. The zero-order valence-corrected chi connectivity index (χ0v) is 15.0. The third-order valence-electron chi connectivity index (χ3n) is 3.92. The van der Waals surface area contributed by atoms with E-state index < -0.39 is 0 Å². The number of benzene rings is 2. The molecule has 1 aliphatic rings. The van der Waals surface area contributed by atoms with Crippen LogP contribution in [0.15, 0.2) is 24.3 Å². The van der Waals surface area contributed by atoms with Crippen molar-refractivity contribution >= 4 is 5.78 Å². The summed E-state index contributed by atoms with van der Waals surface area (Å²) in [5.41, 5.74) is 2.18. The summed E-state index contributed by atoms with van der Waals surface area (Å²) in [7, 11) is 1.46. The van der Waals surface area contributed by atoms with E-state index in [4.69, 9.17) is 14.2 Å². The minimum absolute atomic E-state index is 0.0474. The molecule has 0 unspecified atom stereocenters. The van der Waals surface area contributed by atoms with Gasteiger partial charge in [-0.3, -0.25) is 4.79 Å². The number of methoxy groups -OCH3 is 1. The minimum Gasteiger partial charge on any atom is -0.502 e. The van der Waals surface area contributed by atoms with E-state index in [1.165, 1.54) is 7.11 Å². The standard InChI is InChI=1S/C20H22O5/c1-10(2)24-14-8-6-7-12-16(14)17-13(18(12)21)9-15(25-11(3)4)19(22)20(17)23-5/h6-11,22H,1-5H3. The van der Waals surface area contributed by atoms with Crippen molar-refractivity contribution in [1.82, 2.24) is 0 Å². The second-order valence-corrected chi connectivity index (χ2v) is 6.52. The summed E-state index contributed by atoms with van der Waals surface area (Å²) in [4.78, 5) is 12.9. The fraction of sp³-hybridized carbons (Fsp3) is 0.350. The van der Waals surface area contributed by atoms with Crippen LogP contribution < -0.4 is 14.2 Å². The van der Waals surface area contributed by atoms with Gasteiger partial charge in [-0.2, -0.15) is 0 Å². The Morgan fingerprint density at radius 2 is 1.56 bits per heavy atom. The van der Waals surface area contributed by atoms with Crippen LogP contribution in [0.3, 0.4) is 0 Å². The van der Waals surface area contributed by atoms with Gasteiger partial charge in [-0.1, -0.05) is 12.1 Å². The molecule has 2 aromatic carbocycles. The molecule has 5 heteroatoms. The van der Waals surface area contributed by atoms with Gasteiger partial charge in [0.15, 0.2) is 17.3 Å². The van der Waals surface area contributed by atoms with Gasteiger partial charge in [0.2, 0.25) is 5.75 Å². The van der Waals surface area contributed by atoms with Crippen LogP contribution in [0.1, 0.15) is 43.6 Å². The number of rotatable bonds is 5. The molecule has 0 aliphatic heterocycles. The molecule has 3 rings (SSSR count). The summed E-state index contributed by atoms with van der Waals surface area (Å²) in [5.74, 6) is 0.800. The topological polar surface area (TPSA) is 65.0 Å². The second kappa shape index (κ2) is 6.31. The van der Waals surface area contributed by atoms with Crippen molar-refractivity contribution in [3.05, 3.63) is 35.4 Å². The largest absolute Gasteiger partial charge is 0.502 e. The fourth-order valence-electron chi connectivity index (χ4n) is 3.07. The van der Waals surface area contributed by atoms with Gasteiger partial charge >= 0.3 is 0 Å². The van der Waals surface area contributed by atoms with Crippen LogP contribution in [0.5, 0.6) is 23.0 Å². The molecule has 0 atom stereocenters. The van der Waals surface area contributed by atoms with E-state index in [1.807, 2.05) is 33.8 Å². The Bertz CT molecular complexity index is 836. The van der Waals surface area contributed by atoms with Gasteiger partial charge in [0.05, 0.1) is 19.3 Å². The number of fused-ring (bicyclic) bond motifs is 3. The molecule has 132 valence electrons. The Hall–Kier alpha value is -2.69. The van der Waals surface area contributed by atoms with Gasteiger partial charge in [0.25, 0.3) is 0 Å². The summed E-state index contributed by atoms with van der Waals surface area (Å²) in [6.45, 7) is 7.55. The zero-order chi connectivity index (χ0) is 18.3. The fourth-order valence-corrected chi connectivity index (χ4v) is 3.07. The first kappa shape index (κ1) is 17.1. The average molecular weight is 342 g/mol. The lowest BCUT2D eigenvalue weighted by molar-refractivity contribution is 0.104. The Balaban J connectivity index is 2.29. The molecule has 0 bridgehead atoms. The molecule has 5 nitrogen and oxygen atoms in total. The van der Waals surface area contributed by atoms with Gasteiger partial charge in [-0.25, -0.2) is 0 Å².